The molecule has 6 heteroatoms. The minimum Gasteiger partial charge on any atom is -0.333 e. The molecule has 3 heterocycles. The lowest BCUT2D eigenvalue weighted by molar-refractivity contribution is -0.895. The number of carbonyl (C=O) groups is 1. The van der Waals surface area contributed by atoms with Crippen LogP contribution in [0.3, 0.4) is 0 Å². The summed E-state index contributed by atoms with van der Waals surface area (Å²) in [4.78, 5) is 20.6. The van der Waals surface area contributed by atoms with E-state index in [1.807, 2.05) is 48.5 Å². The smallest absolute Gasteiger partial charge is 0.256 e. The molecule has 0 saturated carbocycles. The maximum Gasteiger partial charge on any atom is 0.256 e. The number of benzene rings is 2. The van der Waals surface area contributed by atoms with Crippen molar-refractivity contribution in [2.24, 2.45) is 0 Å². The van der Waals surface area contributed by atoms with Crippen LogP contribution in [0.2, 0.25) is 0 Å². The summed E-state index contributed by atoms with van der Waals surface area (Å²) in [6.07, 6.45) is 1.02. The molecule has 4 nitrogen and oxygen atoms in total. The number of likely N-dealkylation sites (N-methyl/N-ethyl adjacent to an activating group) is 1. The molecule has 0 saturated heterocycles. The fourth-order valence-electron chi connectivity index (χ4n) is 3.68. The monoisotopic (exact) mass is 406 g/mol. The first-order valence-electron chi connectivity index (χ1n) is 9.37. The minimum atomic E-state index is -0.0674. The molecule has 0 bridgehead atoms. The number of nitrogens with zero attached hydrogens (tertiary/aromatic N) is 1. The van der Waals surface area contributed by atoms with Crippen LogP contribution in [-0.4, -0.2) is 24.5 Å². The average molecular weight is 407 g/mol. The highest BCUT2D eigenvalue weighted by Crippen LogP contribution is 2.44. The number of hydrogen-bond donors (Lipinski definition) is 2. The van der Waals surface area contributed by atoms with E-state index in [0.29, 0.717) is 5.56 Å². The maximum absolute atomic E-state index is 12.8. The maximum atomic E-state index is 12.8. The van der Waals surface area contributed by atoms with Crippen molar-refractivity contribution in [2.45, 2.75) is 13.0 Å². The first kappa shape index (κ1) is 17.6. The first-order chi connectivity index (χ1) is 13.7. The molecule has 4 aromatic rings. The number of para-hydroxylation sites is 1. The van der Waals surface area contributed by atoms with Crippen molar-refractivity contribution in [3.05, 3.63) is 70.6 Å². The van der Waals surface area contributed by atoms with Gasteiger partial charge in [0.2, 0.25) is 0 Å². The fraction of sp³-hybridized carbons (Fsp3) is 0.182. The molecule has 0 fully saturated rings. The fourth-order valence-corrected chi connectivity index (χ4v) is 6.15. The minimum absolute atomic E-state index is 0.0674. The summed E-state index contributed by atoms with van der Waals surface area (Å²) in [6.45, 7) is 2.10. The van der Waals surface area contributed by atoms with Gasteiger partial charge in [0.25, 0.3) is 5.91 Å². The van der Waals surface area contributed by atoms with Gasteiger partial charge in [0.05, 0.1) is 28.7 Å². The van der Waals surface area contributed by atoms with Crippen molar-refractivity contribution < 1.29 is 9.69 Å². The summed E-state index contributed by atoms with van der Waals surface area (Å²) in [6, 6.07) is 17.6. The number of thiophene rings is 1. The Kier molecular flexibility index (Phi) is 4.47. The molecule has 0 radical (unpaired) electrons. The Morgan fingerprint density at radius 3 is 2.68 bits per heavy atom. The van der Waals surface area contributed by atoms with Crippen molar-refractivity contribution >= 4 is 43.8 Å². The van der Waals surface area contributed by atoms with Gasteiger partial charge in [-0.2, -0.15) is 0 Å². The number of hydrogen-bond acceptors (Lipinski definition) is 4. The summed E-state index contributed by atoms with van der Waals surface area (Å²) in [5.41, 5.74) is 4.17. The van der Waals surface area contributed by atoms with Gasteiger partial charge in [0.15, 0.2) is 0 Å². The van der Waals surface area contributed by atoms with Crippen LogP contribution in [0.15, 0.2) is 54.6 Å². The van der Waals surface area contributed by atoms with Gasteiger partial charge in [-0.3, -0.25) is 4.79 Å². The van der Waals surface area contributed by atoms with E-state index >= 15 is 0 Å². The molecule has 2 N–H and O–H groups in total. The molecule has 1 amide bonds. The lowest BCUT2D eigenvalue weighted by Gasteiger charge is -2.19. The van der Waals surface area contributed by atoms with Crippen LogP contribution in [0.25, 0.3) is 20.8 Å². The molecule has 140 valence electrons. The Labute approximate surface area is 171 Å². The molecule has 2 aromatic heterocycles. The van der Waals surface area contributed by atoms with Crippen molar-refractivity contribution in [2.75, 3.05) is 18.9 Å². The molecule has 1 aliphatic rings. The van der Waals surface area contributed by atoms with Gasteiger partial charge in [0, 0.05) is 17.5 Å². The number of thiazole rings is 1. The first-order valence-corrected chi connectivity index (χ1v) is 11.0. The molecular formula is C22H20N3OS2+. The summed E-state index contributed by atoms with van der Waals surface area (Å²) < 4.78 is 1.18. The van der Waals surface area contributed by atoms with Crippen LogP contribution >= 0.6 is 22.7 Å². The third-order valence-corrected chi connectivity index (χ3v) is 7.33. The molecule has 1 atom stereocenters. The number of amides is 1. The zero-order valence-corrected chi connectivity index (χ0v) is 17.1. The van der Waals surface area contributed by atoms with Gasteiger partial charge < -0.3 is 10.2 Å². The SMILES string of the molecule is C[NH+]1CCc2c(sc(NC(=O)c3ccccc3)c2-c2nc3ccccc3s2)C1. The molecule has 1 aliphatic heterocycles. The van der Waals surface area contributed by atoms with Crippen LogP contribution < -0.4 is 10.2 Å². The zero-order chi connectivity index (χ0) is 19.1. The third kappa shape index (κ3) is 3.13. The Balaban J connectivity index is 1.61. The van der Waals surface area contributed by atoms with E-state index in [0.717, 1.165) is 40.6 Å². The highest BCUT2D eigenvalue weighted by Gasteiger charge is 2.28. The number of anilines is 1. The number of quaternary nitrogens is 1. The van der Waals surface area contributed by atoms with E-state index in [2.05, 4.69) is 18.4 Å². The largest absolute Gasteiger partial charge is 0.333 e. The molecular weight excluding hydrogens is 386 g/mol. The summed E-state index contributed by atoms with van der Waals surface area (Å²) in [7, 11) is 2.22. The van der Waals surface area contributed by atoms with Gasteiger partial charge in [-0.1, -0.05) is 30.3 Å². The molecule has 0 aliphatic carbocycles. The van der Waals surface area contributed by atoms with Crippen molar-refractivity contribution in [1.29, 1.82) is 0 Å². The van der Waals surface area contributed by atoms with E-state index in [-0.39, 0.29) is 5.91 Å². The quantitative estimate of drug-likeness (QED) is 0.543. The lowest BCUT2D eigenvalue weighted by atomic mass is 10.0. The molecule has 28 heavy (non-hydrogen) atoms. The van der Waals surface area contributed by atoms with Gasteiger partial charge in [-0.25, -0.2) is 4.98 Å². The topological polar surface area (TPSA) is 46.4 Å². The van der Waals surface area contributed by atoms with Crippen molar-refractivity contribution in [3.8, 4) is 10.6 Å². The lowest BCUT2D eigenvalue weighted by Crippen LogP contribution is -3.08. The second-order valence-corrected chi connectivity index (χ2v) is 9.28. The van der Waals surface area contributed by atoms with Crippen LogP contribution in [0.5, 0.6) is 0 Å². The highest BCUT2D eigenvalue weighted by molar-refractivity contribution is 7.22. The van der Waals surface area contributed by atoms with Crippen molar-refractivity contribution in [1.82, 2.24) is 4.98 Å². The molecule has 5 rings (SSSR count). The summed E-state index contributed by atoms with van der Waals surface area (Å²) >= 11 is 3.41. The van der Waals surface area contributed by atoms with Crippen LogP contribution in [0.4, 0.5) is 5.00 Å². The van der Waals surface area contributed by atoms with Gasteiger partial charge in [-0.05, 0) is 29.8 Å². The molecule has 1 unspecified atom stereocenters. The Bertz CT molecular complexity index is 1130. The predicted octanol–water partition coefficient (Wildman–Crippen LogP) is 3.85. The summed E-state index contributed by atoms with van der Waals surface area (Å²) in [5.74, 6) is -0.0674. The van der Waals surface area contributed by atoms with Crippen LogP contribution in [0, 0.1) is 0 Å². The van der Waals surface area contributed by atoms with E-state index in [9.17, 15) is 4.79 Å². The van der Waals surface area contributed by atoms with Crippen LogP contribution in [-0.2, 0) is 13.0 Å². The Morgan fingerprint density at radius 2 is 1.86 bits per heavy atom. The zero-order valence-electron chi connectivity index (χ0n) is 15.5. The second-order valence-electron chi connectivity index (χ2n) is 7.15. The predicted molar refractivity (Wildman–Crippen MR) is 116 cm³/mol. The number of fused-ring (bicyclic) bond motifs is 2. The standard InChI is InChI=1S/C22H19N3OS2/c1-25-12-11-15-18(13-25)28-22(24-20(26)14-7-3-2-4-8-14)19(15)21-23-16-9-5-6-10-17(16)27-21/h2-10H,11-13H2,1H3,(H,24,26)/p+1. The second kappa shape index (κ2) is 7.13. The number of carbonyl (C=O) groups excluding carboxylic acids is 1. The summed E-state index contributed by atoms with van der Waals surface area (Å²) in [5, 5.41) is 5.10. The van der Waals surface area contributed by atoms with E-state index in [1.54, 1.807) is 22.7 Å². The third-order valence-electron chi connectivity index (χ3n) is 5.13. The van der Waals surface area contributed by atoms with E-state index in [1.165, 1.54) is 20.0 Å². The molecule has 0 spiro atoms. The van der Waals surface area contributed by atoms with E-state index in [4.69, 9.17) is 4.98 Å². The van der Waals surface area contributed by atoms with E-state index < -0.39 is 0 Å². The van der Waals surface area contributed by atoms with Gasteiger partial charge in [0.1, 0.15) is 16.6 Å². The normalized spacial score (nSPS) is 16.1. The molecule has 2 aromatic carbocycles. The van der Waals surface area contributed by atoms with Crippen molar-refractivity contribution in [3.63, 3.8) is 0 Å². The van der Waals surface area contributed by atoms with Gasteiger partial charge in [-0.15, -0.1) is 22.7 Å². The number of aromatic nitrogens is 1. The average Bonchev–Trinajstić information content (AvgIpc) is 3.28. The Hall–Kier alpha value is -2.54. The van der Waals surface area contributed by atoms with Crippen LogP contribution in [0.1, 0.15) is 20.8 Å². The number of rotatable bonds is 3. The number of nitrogens with one attached hydrogen (secondary N) is 2. The Morgan fingerprint density at radius 1 is 1.07 bits per heavy atom. The highest BCUT2D eigenvalue weighted by atomic mass is 32.1. The van der Waals surface area contributed by atoms with Gasteiger partial charge >= 0.3 is 0 Å².